The van der Waals surface area contributed by atoms with E-state index in [0.717, 1.165) is 0 Å². The summed E-state index contributed by atoms with van der Waals surface area (Å²) in [6.07, 6.45) is 1.20. The summed E-state index contributed by atoms with van der Waals surface area (Å²) in [5, 5.41) is 0. The van der Waals surface area contributed by atoms with Gasteiger partial charge >= 0.3 is 0 Å². The standard InChI is InChI=1S/C8H11N3O2/c1-4(2)7-10-3-5(6(9)12)8(13)11-7/h3-4H,1-2H3,(H2,9,12)(H,10,11,13). The highest BCUT2D eigenvalue weighted by Gasteiger charge is 2.08. The zero-order chi connectivity index (χ0) is 10.0. The molecule has 1 rings (SSSR count). The molecule has 0 fully saturated rings. The van der Waals surface area contributed by atoms with Gasteiger partial charge in [0.15, 0.2) is 0 Å². The number of nitrogens with two attached hydrogens (primary N) is 1. The molecule has 1 aromatic heterocycles. The van der Waals surface area contributed by atoms with Crippen molar-refractivity contribution in [2.45, 2.75) is 19.8 Å². The van der Waals surface area contributed by atoms with Crippen LogP contribution >= 0.6 is 0 Å². The first kappa shape index (κ1) is 9.44. The van der Waals surface area contributed by atoms with Crippen molar-refractivity contribution in [3.05, 3.63) is 27.9 Å². The molecule has 0 saturated heterocycles. The van der Waals surface area contributed by atoms with Crippen molar-refractivity contribution in [2.75, 3.05) is 0 Å². The number of primary amides is 1. The predicted octanol–water partition coefficient (Wildman–Crippen LogP) is -0.00780. The fraction of sp³-hybridized carbons (Fsp3) is 0.375. The van der Waals surface area contributed by atoms with Crippen molar-refractivity contribution in [3.8, 4) is 0 Å². The zero-order valence-electron chi connectivity index (χ0n) is 7.50. The van der Waals surface area contributed by atoms with Gasteiger partial charge in [-0.05, 0) is 0 Å². The lowest BCUT2D eigenvalue weighted by Gasteiger charge is -2.03. The van der Waals surface area contributed by atoms with Crippen molar-refractivity contribution < 1.29 is 4.79 Å². The molecule has 70 valence electrons. The van der Waals surface area contributed by atoms with Crippen molar-refractivity contribution in [1.82, 2.24) is 9.97 Å². The summed E-state index contributed by atoms with van der Waals surface area (Å²) in [5.74, 6) is -0.0892. The molecule has 5 heteroatoms. The summed E-state index contributed by atoms with van der Waals surface area (Å²) >= 11 is 0. The molecule has 1 aromatic rings. The third-order valence-electron chi connectivity index (χ3n) is 1.63. The molecule has 0 saturated carbocycles. The van der Waals surface area contributed by atoms with Crippen LogP contribution in [0.3, 0.4) is 0 Å². The molecule has 0 aliphatic heterocycles. The Hall–Kier alpha value is -1.65. The lowest BCUT2D eigenvalue weighted by atomic mass is 10.2. The Balaban J connectivity index is 3.21. The third-order valence-corrected chi connectivity index (χ3v) is 1.63. The number of H-pyrrole nitrogens is 1. The SMILES string of the molecule is CC(C)c1ncc(C(N)=O)c(=O)[nH]1. The summed E-state index contributed by atoms with van der Waals surface area (Å²) in [6, 6.07) is 0. The molecule has 0 spiro atoms. The van der Waals surface area contributed by atoms with Gasteiger partial charge in [0.1, 0.15) is 11.4 Å². The van der Waals surface area contributed by atoms with E-state index in [4.69, 9.17) is 5.73 Å². The molecular formula is C8H11N3O2. The van der Waals surface area contributed by atoms with Gasteiger partial charge in [-0.1, -0.05) is 13.8 Å². The predicted molar refractivity (Wildman–Crippen MR) is 47.5 cm³/mol. The van der Waals surface area contributed by atoms with E-state index in [0.29, 0.717) is 5.82 Å². The van der Waals surface area contributed by atoms with Crippen molar-refractivity contribution in [3.63, 3.8) is 0 Å². The maximum Gasteiger partial charge on any atom is 0.263 e. The molecule has 1 heterocycles. The van der Waals surface area contributed by atoms with Gasteiger partial charge in [0.05, 0.1) is 0 Å². The number of aromatic nitrogens is 2. The Morgan fingerprint density at radius 3 is 2.62 bits per heavy atom. The molecule has 0 aromatic carbocycles. The normalized spacial score (nSPS) is 10.4. The van der Waals surface area contributed by atoms with Crippen LogP contribution in [0.25, 0.3) is 0 Å². The third kappa shape index (κ3) is 1.93. The molecule has 0 bridgehead atoms. The van der Waals surface area contributed by atoms with Gasteiger partial charge in [0.25, 0.3) is 11.5 Å². The number of carbonyl (C=O) groups excluding carboxylic acids is 1. The minimum absolute atomic E-state index is 0.107. The minimum atomic E-state index is -0.760. The maximum absolute atomic E-state index is 11.2. The maximum atomic E-state index is 11.2. The van der Waals surface area contributed by atoms with E-state index in [2.05, 4.69) is 9.97 Å². The van der Waals surface area contributed by atoms with Crippen molar-refractivity contribution >= 4 is 5.91 Å². The van der Waals surface area contributed by atoms with Gasteiger partial charge in [-0.2, -0.15) is 0 Å². The average molecular weight is 181 g/mol. The average Bonchev–Trinajstić information content (AvgIpc) is 2.03. The van der Waals surface area contributed by atoms with Gasteiger partial charge in [0.2, 0.25) is 0 Å². The highest BCUT2D eigenvalue weighted by atomic mass is 16.2. The number of amides is 1. The van der Waals surface area contributed by atoms with Crippen LogP contribution in [0, 0.1) is 0 Å². The Labute approximate surface area is 75.0 Å². The largest absolute Gasteiger partial charge is 0.365 e. The van der Waals surface area contributed by atoms with E-state index in [1.807, 2.05) is 13.8 Å². The smallest absolute Gasteiger partial charge is 0.263 e. The number of hydrogen-bond donors (Lipinski definition) is 2. The summed E-state index contributed by atoms with van der Waals surface area (Å²) in [4.78, 5) is 28.2. The Kier molecular flexibility index (Phi) is 2.46. The van der Waals surface area contributed by atoms with Crippen LogP contribution in [0.5, 0.6) is 0 Å². The van der Waals surface area contributed by atoms with E-state index < -0.39 is 11.5 Å². The van der Waals surface area contributed by atoms with E-state index >= 15 is 0 Å². The first-order chi connectivity index (χ1) is 6.02. The summed E-state index contributed by atoms with van der Waals surface area (Å²) in [7, 11) is 0. The number of carbonyl (C=O) groups is 1. The van der Waals surface area contributed by atoms with Gasteiger partial charge < -0.3 is 10.7 Å². The van der Waals surface area contributed by atoms with Crippen LogP contribution in [0.4, 0.5) is 0 Å². The fourth-order valence-electron chi connectivity index (χ4n) is 0.878. The number of nitrogens with zero attached hydrogens (tertiary/aromatic N) is 1. The van der Waals surface area contributed by atoms with E-state index in [9.17, 15) is 9.59 Å². The quantitative estimate of drug-likeness (QED) is 0.672. The molecule has 0 radical (unpaired) electrons. The van der Waals surface area contributed by atoms with E-state index in [1.54, 1.807) is 0 Å². The monoisotopic (exact) mass is 181 g/mol. The number of rotatable bonds is 2. The fourth-order valence-corrected chi connectivity index (χ4v) is 0.878. The first-order valence-electron chi connectivity index (χ1n) is 3.91. The minimum Gasteiger partial charge on any atom is -0.365 e. The Morgan fingerprint density at radius 2 is 2.23 bits per heavy atom. The van der Waals surface area contributed by atoms with Crippen LogP contribution in [0.1, 0.15) is 35.9 Å². The topological polar surface area (TPSA) is 88.8 Å². The number of nitrogens with one attached hydrogen (secondary N) is 1. The number of hydrogen-bond acceptors (Lipinski definition) is 3. The molecule has 13 heavy (non-hydrogen) atoms. The highest BCUT2D eigenvalue weighted by molar-refractivity contribution is 5.91. The van der Waals surface area contributed by atoms with Crippen LogP contribution in [-0.4, -0.2) is 15.9 Å². The Morgan fingerprint density at radius 1 is 1.62 bits per heavy atom. The Bertz CT molecular complexity index is 381. The van der Waals surface area contributed by atoms with Crippen LogP contribution in [0.15, 0.2) is 11.0 Å². The van der Waals surface area contributed by atoms with Gasteiger partial charge in [-0.3, -0.25) is 9.59 Å². The van der Waals surface area contributed by atoms with E-state index in [-0.39, 0.29) is 11.5 Å². The first-order valence-corrected chi connectivity index (χ1v) is 3.91. The molecule has 0 unspecified atom stereocenters. The van der Waals surface area contributed by atoms with Crippen LogP contribution < -0.4 is 11.3 Å². The second-order valence-corrected chi connectivity index (χ2v) is 3.03. The molecule has 5 nitrogen and oxygen atoms in total. The van der Waals surface area contributed by atoms with Crippen LogP contribution in [0.2, 0.25) is 0 Å². The molecule has 3 N–H and O–H groups in total. The summed E-state index contributed by atoms with van der Waals surface area (Å²) in [6.45, 7) is 3.78. The van der Waals surface area contributed by atoms with E-state index in [1.165, 1.54) is 6.20 Å². The lowest BCUT2D eigenvalue weighted by molar-refractivity contribution is 0.0998. The molecular weight excluding hydrogens is 170 g/mol. The summed E-state index contributed by atoms with van der Waals surface area (Å²) < 4.78 is 0. The highest BCUT2D eigenvalue weighted by Crippen LogP contribution is 2.04. The summed E-state index contributed by atoms with van der Waals surface area (Å²) in [5.41, 5.74) is 4.35. The van der Waals surface area contributed by atoms with Gasteiger partial charge in [-0.25, -0.2) is 4.98 Å². The van der Waals surface area contributed by atoms with Crippen LogP contribution in [-0.2, 0) is 0 Å². The lowest BCUT2D eigenvalue weighted by Crippen LogP contribution is -2.25. The van der Waals surface area contributed by atoms with Gasteiger partial charge in [-0.15, -0.1) is 0 Å². The van der Waals surface area contributed by atoms with Gasteiger partial charge in [0, 0.05) is 12.1 Å². The molecule has 0 aliphatic rings. The second-order valence-electron chi connectivity index (χ2n) is 3.03. The number of aromatic amines is 1. The molecule has 0 aliphatic carbocycles. The zero-order valence-corrected chi connectivity index (χ0v) is 7.50. The molecule has 0 atom stereocenters. The molecule has 1 amide bonds. The van der Waals surface area contributed by atoms with Crippen molar-refractivity contribution in [2.24, 2.45) is 5.73 Å². The second kappa shape index (κ2) is 3.38. The van der Waals surface area contributed by atoms with Crippen molar-refractivity contribution in [1.29, 1.82) is 0 Å².